The highest BCUT2D eigenvalue weighted by Gasteiger charge is 2.33. The predicted molar refractivity (Wildman–Crippen MR) is 130 cm³/mol. The lowest BCUT2D eigenvalue weighted by molar-refractivity contribution is 0.0994. The molecule has 1 fully saturated rings. The van der Waals surface area contributed by atoms with Gasteiger partial charge in [-0.1, -0.05) is 6.42 Å². The number of carbonyl (C=O) groups is 1. The molecule has 2 N–H and O–H groups in total. The summed E-state index contributed by atoms with van der Waals surface area (Å²) in [5.41, 5.74) is 2.17. The first-order valence-corrected chi connectivity index (χ1v) is 11.8. The highest BCUT2D eigenvalue weighted by atomic mass is 19.1. The molecule has 0 saturated heterocycles. The number of imidazole rings is 1. The first-order valence-electron chi connectivity index (χ1n) is 11.8. The Morgan fingerprint density at radius 3 is 2.81 bits per heavy atom. The lowest BCUT2D eigenvalue weighted by Gasteiger charge is -2.21. The Kier molecular flexibility index (Phi) is 5.39. The molecule has 0 bridgehead atoms. The highest BCUT2D eigenvalue weighted by Crippen LogP contribution is 2.29. The Balaban J connectivity index is 1.23. The second-order valence-electron chi connectivity index (χ2n) is 9.04. The quantitative estimate of drug-likeness (QED) is 0.433. The topological polar surface area (TPSA) is 119 Å². The van der Waals surface area contributed by atoms with Crippen molar-refractivity contribution in [3.63, 3.8) is 0 Å². The molecule has 1 aromatic carbocycles. The molecule has 2 aliphatic rings. The van der Waals surface area contributed by atoms with Crippen LogP contribution in [-0.4, -0.2) is 43.4 Å². The molecule has 1 amide bonds. The zero-order chi connectivity index (χ0) is 24.8. The molecule has 2 atom stereocenters. The van der Waals surface area contributed by atoms with E-state index in [0.717, 1.165) is 19.3 Å². The van der Waals surface area contributed by atoms with Crippen molar-refractivity contribution >= 4 is 29.1 Å². The molecule has 184 valence electrons. The lowest BCUT2D eigenvalue weighted by Crippen LogP contribution is -2.26. The maximum atomic E-state index is 14.8. The van der Waals surface area contributed by atoms with Crippen LogP contribution in [0.4, 0.5) is 15.8 Å². The summed E-state index contributed by atoms with van der Waals surface area (Å²) in [6.45, 7) is 3.35. The first kappa shape index (κ1) is 22.2. The fraction of sp³-hybridized carbons (Fsp3) is 0.320. The van der Waals surface area contributed by atoms with Gasteiger partial charge in [0.15, 0.2) is 5.89 Å². The van der Waals surface area contributed by atoms with Crippen molar-refractivity contribution in [3.8, 4) is 11.3 Å². The lowest BCUT2D eigenvalue weighted by atomic mass is 9.94. The number of benzene rings is 1. The van der Waals surface area contributed by atoms with E-state index in [4.69, 9.17) is 9.15 Å². The number of oxazole rings is 1. The molecule has 4 heterocycles. The fourth-order valence-corrected chi connectivity index (χ4v) is 4.68. The van der Waals surface area contributed by atoms with Crippen LogP contribution in [0.15, 0.2) is 46.2 Å². The van der Waals surface area contributed by atoms with Crippen LogP contribution in [0.3, 0.4) is 0 Å². The van der Waals surface area contributed by atoms with Gasteiger partial charge in [0.05, 0.1) is 29.3 Å². The van der Waals surface area contributed by atoms with Crippen molar-refractivity contribution in [1.29, 1.82) is 0 Å². The normalized spacial score (nSPS) is 19.0. The van der Waals surface area contributed by atoms with Crippen LogP contribution in [0.25, 0.3) is 17.0 Å². The molecule has 6 rings (SSSR count). The van der Waals surface area contributed by atoms with Crippen LogP contribution in [0.5, 0.6) is 0 Å². The number of aryl methyl sites for hydroxylation is 2. The van der Waals surface area contributed by atoms with Crippen LogP contribution in [0.2, 0.25) is 0 Å². The molecular weight excluding hydrogens is 465 g/mol. The summed E-state index contributed by atoms with van der Waals surface area (Å²) in [4.78, 5) is 30.2. The summed E-state index contributed by atoms with van der Waals surface area (Å²) in [5.74, 6) is -0.0216. The van der Waals surface area contributed by atoms with E-state index >= 15 is 0 Å². The Bertz CT molecular complexity index is 1510. The number of carbonyl (C=O) groups excluding carboxylic acids is 1. The second kappa shape index (κ2) is 8.74. The maximum absolute atomic E-state index is 14.8. The number of fused-ring (bicyclic) bond motifs is 2. The van der Waals surface area contributed by atoms with E-state index in [0.29, 0.717) is 40.5 Å². The molecule has 36 heavy (non-hydrogen) atoms. The van der Waals surface area contributed by atoms with E-state index in [1.165, 1.54) is 24.6 Å². The van der Waals surface area contributed by atoms with Gasteiger partial charge >= 0.3 is 0 Å². The van der Waals surface area contributed by atoms with Gasteiger partial charge in [-0.3, -0.25) is 9.20 Å². The van der Waals surface area contributed by atoms with Crippen molar-refractivity contribution < 1.29 is 18.3 Å². The summed E-state index contributed by atoms with van der Waals surface area (Å²) < 4.78 is 27.8. The average molecular weight is 490 g/mol. The zero-order valence-corrected chi connectivity index (χ0v) is 19.8. The maximum Gasteiger partial charge on any atom is 0.293 e. The summed E-state index contributed by atoms with van der Waals surface area (Å²) in [7, 11) is 0. The minimum atomic E-state index is -0.474. The first-order chi connectivity index (χ1) is 17.4. The van der Waals surface area contributed by atoms with E-state index < -0.39 is 11.7 Å². The summed E-state index contributed by atoms with van der Waals surface area (Å²) in [6, 6.07) is 5.00. The van der Waals surface area contributed by atoms with Crippen LogP contribution < -0.4 is 10.6 Å². The van der Waals surface area contributed by atoms with Gasteiger partial charge in [-0.15, -0.1) is 0 Å². The van der Waals surface area contributed by atoms with E-state index in [1.54, 1.807) is 36.8 Å². The fourth-order valence-electron chi connectivity index (χ4n) is 4.68. The molecule has 0 spiro atoms. The minimum Gasteiger partial charge on any atom is -0.459 e. The predicted octanol–water partition coefficient (Wildman–Crippen LogP) is 4.50. The number of anilines is 2. The summed E-state index contributed by atoms with van der Waals surface area (Å²) in [6.07, 6.45) is 9.65. The number of amides is 1. The molecular formula is C25H24FN7O3. The minimum absolute atomic E-state index is 0.116. The second-order valence-corrected chi connectivity index (χ2v) is 9.04. The number of aliphatic imine (C=N–C) groups is 1. The number of ether oxygens (including phenoxy) is 1. The van der Waals surface area contributed by atoms with Gasteiger partial charge < -0.3 is 19.8 Å². The van der Waals surface area contributed by atoms with Gasteiger partial charge in [0.2, 0.25) is 11.5 Å². The molecule has 3 aromatic heterocycles. The number of hydrogen-bond donors (Lipinski definition) is 2. The Morgan fingerprint density at radius 2 is 2.00 bits per heavy atom. The highest BCUT2D eigenvalue weighted by molar-refractivity contribution is 6.03. The van der Waals surface area contributed by atoms with Gasteiger partial charge in [0.1, 0.15) is 11.9 Å². The van der Waals surface area contributed by atoms with Gasteiger partial charge in [0, 0.05) is 30.6 Å². The van der Waals surface area contributed by atoms with E-state index in [9.17, 15) is 9.18 Å². The number of nitrogens with zero attached hydrogens (tertiary/aromatic N) is 5. The molecule has 10 nitrogen and oxygen atoms in total. The van der Waals surface area contributed by atoms with Crippen molar-refractivity contribution in [1.82, 2.24) is 19.4 Å². The molecule has 1 saturated carbocycles. The van der Waals surface area contributed by atoms with Gasteiger partial charge in [0.25, 0.3) is 11.9 Å². The van der Waals surface area contributed by atoms with Gasteiger partial charge in [-0.25, -0.2) is 24.3 Å². The largest absolute Gasteiger partial charge is 0.459 e. The average Bonchev–Trinajstić information content (AvgIpc) is 3.55. The monoisotopic (exact) mass is 489 g/mol. The van der Waals surface area contributed by atoms with Crippen LogP contribution in [0.1, 0.15) is 47.8 Å². The van der Waals surface area contributed by atoms with Crippen molar-refractivity contribution in [3.05, 3.63) is 60.0 Å². The number of hydrogen-bond acceptors (Lipinski definition) is 8. The Labute approximate surface area is 205 Å². The number of amidine groups is 1. The number of halogens is 1. The van der Waals surface area contributed by atoms with Crippen LogP contribution in [0, 0.1) is 19.7 Å². The van der Waals surface area contributed by atoms with Gasteiger partial charge in [-0.2, -0.15) is 0 Å². The molecule has 0 unspecified atom stereocenters. The SMILES string of the molecule is Cc1nc(C)c(C(=O)Nc2ccc(F)c(-c3cn4cc(NC5=N[C@H]6CCCC[C@@H]6O5)cnc4n3)c2)o1. The number of nitrogens with one attached hydrogen (secondary N) is 2. The van der Waals surface area contributed by atoms with E-state index in [1.807, 2.05) is 0 Å². The number of rotatable bonds is 4. The van der Waals surface area contributed by atoms with E-state index in [2.05, 4.69) is 30.6 Å². The molecule has 0 radical (unpaired) electrons. The molecule has 4 aromatic rings. The Morgan fingerprint density at radius 1 is 1.14 bits per heavy atom. The summed E-state index contributed by atoms with van der Waals surface area (Å²) >= 11 is 0. The van der Waals surface area contributed by atoms with Crippen LogP contribution in [-0.2, 0) is 4.74 Å². The van der Waals surface area contributed by atoms with Gasteiger partial charge in [-0.05, 0) is 44.4 Å². The Hall–Kier alpha value is -4.28. The van der Waals surface area contributed by atoms with Crippen molar-refractivity contribution in [2.45, 2.75) is 51.7 Å². The molecule has 1 aliphatic carbocycles. The van der Waals surface area contributed by atoms with Crippen molar-refractivity contribution in [2.24, 2.45) is 4.99 Å². The smallest absolute Gasteiger partial charge is 0.293 e. The molecule has 11 heteroatoms. The molecule has 1 aliphatic heterocycles. The van der Waals surface area contributed by atoms with E-state index in [-0.39, 0.29) is 23.5 Å². The third-order valence-electron chi connectivity index (χ3n) is 6.39. The zero-order valence-electron chi connectivity index (χ0n) is 19.8. The standard InChI is InChI=1S/C25H24FN7O3/c1-13-22(35-14(2)28-13)23(34)29-15-7-8-18(26)17(9-15)20-12-33-11-16(10-27-24(33)31-20)30-25-32-19-5-3-4-6-21(19)36-25/h7-12,19,21H,3-6H2,1-2H3,(H,29,34)(H,30,32)/t19-,21-/m0/s1. The van der Waals surface area contributed by atoms with Crippen molar-refractivity contribution in [2.75, 3.05) is 10.6 Å². The number of aromatic nitrogens is 4. The third-order valence-corrected chi connectivity index (χ3v) is 6.39. The van der Waals surface area contributed by atoms with Crippen LogP contribution >= 0.6 is 0 Å². The summed E-state index contributed by atoms with van der Waals surface area (Å²) in [5, 5.41) is 5.91. The third kappa shape index (κ3) is 4.16.